The third-order valence-electron chi connectivity index (χ3n) is 21.1. The topological polar surface area (TPSA) is 237 Å². The average molecular weight is 1560 g/mol. The Labute approximate surface area is 658 Å². The molecule has 0 fully saturated rings. The van der Waals surface area contributed by atoms with Crippen LogP contribution in [0.3, 0.4) is 0 Å². The molecule has 0 aromatic rings. The van der Waals surface area contributed by atoms with Crippen LogP contribution < -0.4 is 0 Å². The van der Waals surface area contributed by atoms with E-state index in [1.807, 2.05) is 0 Å². The van der Waals surface area contributed by atoms with Crippen molar-refractivity contribution in [1.29, 1.82) is 0 Å². The molecule has 0 rings (SSSR count). The summed E-state index contributed by atoms with van der Waals surface area (Å²) in [6.07, 6.45) is 72.0. The molecule has 0 bridgehead atoms. The van der Waals surface area contributed by atoms with Crippen LogP contribution in [0, 0.1) is 11.8 Å². The van der Waals surface area contributed by atoms with Crippen LogP contribution in [-0.2, 0) is 65.4 Å². The largest absolute Gasteiger partial charge is 0.472 e. The lowest BCUT2D eigenvalue weighted by Crippen LogP contribution is -2.30. The average Bonchev–Trinajstić information content (AvgIpc) is 0.898. The van der Waals surface area contributed by atoms with Crippen LogP contribution in [0.15, 0.2) is 0 Å². The maximum Gasteiger partial charge on any atom is 0.472 e. The molecule has 6 atom stereocenters. The fourth-order valence-corrected chi connectivity index (χ4v) is 15.3. The Bertz CT molecular complexity index is 2050. The van der Waals surface area contributed by atoms with E-state index in [4.69, 9.17) is 37.0 Å². The molecule has 0 aliphatic rings. The number of carbonyl (C=O) groups excluding carboxylic acids is 4. The van der Waals surface area contributed by atoms with E-state index in [0.717, 1.165) is 102 Å². The SMILES string of the molecule is CCCCCCCCCCCCCCCCCCCCC(=O)O[C@H](COC(=O)CCCCCCCCCCCCCC)COP(=O)(O)OC[C@H](O)COP(=O)(O)OC[C@@H](COC(=O)CCCCCCCCCCCCCCCCC(C)CC)OC(=O)CCCCCCCCCCCCCCCCCCC(C)C. The number of ether oxygens (including phenoxy) is 4. The second kappa shape index (κ2) is 79.3. The molecule has 0 heterocycles. The number of phosphoric acid groups is 2. The van der Waals surface area contributed by atoms with Gasteiger partial charge in [0.1, 0.15) is 19.3 Å². The molecule has 3 N–H and O–H groups in total. The summed E-state index contributed by atoms with van der Waals surface area (Å²) in [7, 11) is -9.93. The van der Waals surface area contributed by atoms with E-state index in [0.29, 0.717) is 25.7 Å². The Morgan fingerprint density at radius 1 is 0.271 bits per heavy atom. The summed E-state index contributed by atoms with van der Waals surface area (Å²) in [5, 5.41) is 10.7. The van der Waals surface area contributed by atoms with Gasteiger partial charge in [-0.15, -0.1) is 0 Å². The first-order valence-corrected chi connectivity index (χ1v) is 48.5. The number of hydrogen-bond donors (Lipinski definition) is 3. The van der Waals surface area contributed by atoms with E-state index in [2.05, 4.69) is 41.5 Å². The third kappa shape index (κ3) is 80.5. The highest BCUT2D eigenvalue weighted by Crippen LogP contribution is 2.45. The zero-order valence-electron chi connectivity index (χ0n) is 70.5. The predicted octanol–water partition coefficient (Wildman–Crippen LogP) is 27.0. The Balaban J connectivity index is 5.26. The molecule has 0 spiro atoms. The van der Waals surface area contributed by atoms with Crippen LogP contribution in [0.4, 0.5) is 0 Å². The molecule has 19 heteroatoms. The van der Waals surface area contributed by atoms with Gasteiger partial charge in [0, 0.05) is 25.7 Å². The Morgan fingerprint density at radius 2 is 0.477 bits per heavy atom. The molecule has 0 aliphatic heterocycles. The minimum absolute atomic E-state index is 0.109. The first-order chi connectivity index (χ1) is 51.9. The molecule has 636 valence electrons. The standard InChI is InChI=1S/C88H172O17P2/c1-7-10-12-14-16-18-20-22-23-24-25-29-36-42-48-54-60-66-72-87(92)104-83(76-98-85(90)70-64-58-52-46-40-21-19-17-15-13-11-8-2)78-102-106(94,95)100-74-82(89)75-101-107(96,97)103-79-84(77-99-86(91)71-65-59-53-47-41-35-32-31-34-39-45-51-57-63-69-81(6)9-3)105-88(93)73-67-61-55-49-43-37-30-27-26-28-33-38-44-50-56-62-68-80(4)5/h80-84,89H,7-79H2,1-6H3,(H,94,95)(H,96,97)/t81?,82-,83+,84+/m0/s1. The maximum atomic E-state index is 13.2. The number of carbonyl (C=O) groups is 4. The summed E-state index contributed by atoms with van der Waals surface area (Å²) in [5.41, 5.74) is 0. The van der Waals surface area contributed by atoms with Gasteiger partial charge >= 0.3 is 39.5 Å². The molecule has 107 heavy (non-hydrogen) atoms. The van der Waals surface area contributed by atoms with Gasteiger partial charge in [-0.25, -0.2) is 9.13 Å². The number of unbranched alkanes of at least 4 members (excludes halogenated alkanes) is 56. The highest BCUT2D eigenvalue weighted by Gasteiger charge is 2.31. The lowest BCUT2D eigenvalue weighted by molar-refractivity contribution is -0.161. The van der Waals surface area contributed by atoms with Gasteiger partial charge in [0.2, 0.25) is 0 Å². The minimum atomic E-state index is -4.97. The van der Waals surface area contributed by atoms with Crippen molar-refractivity contribution in [3.05, 3.63) is 0 Å². The fraction of sp³-hybridized carbons (Fsp3) is 0.955. The number of phosphoric ester groups is 2. The molecule has 0 aromatic carbocycles. The maximum absolute atomic E-state index is 13.2. The van der Waals surface area contributed by atoms with E-state index >= 15 is 0 Å². The van der Waals surface area contributed by atoms with Crippen LogP contribution in [0.2, 0.25) is 0 Å². The fourth-order valence-electron chi connectivity index (χ4n) is 13.7. The zero-order valence-corrected chi connectivity index (χ0v) is 72.2. The second-order valence-corrected chi connectivity index (χ2v) is 35.3. The molecule has 3 unspecified atom stereocenters. The van der Waals surface area contributed by atoms with Crippen molar-refractivity contribution in [2.45, 2.75) is 490 Å². The van der Waals surface area contributed by atoms with Gasteiger partial charge in [-0.1, -0.05) is 420 Å². The van der Waals surface area contributed by atoms with Crippen molar-refractivity contribution in [1.82, 2.24) is 0 Å². The van der Waals surface area contributed by atoms with Crippen molar-refractivity contribution < 1.29 is 80.2 Å². The molecule has 0 aromatic heterocycles. The smallest absolute Gasteiger partial charge is 0.462 e. The summed E-state index contributed by atoms with van der Waals surface area (Å²) in [4.78, 5) is 73.3. The van der Waals surface area contributed by atoms with Gasteiger partial charge in [-0.05, 0) is 37.5 Å². The van der Waals surface area contributed by atoms with E-state index in [-0.39, 0.29) is 25.7 Å². The first-order valence-electron chi connectivity index (χ1n) is 45.5. The van der Waals surface area contributed by atoms with Crippen molar-refractivity contribution >= 4 is 39.5 Å². The van der Waals surface area contributed by atoms with Crippen LogP contribution in [0.1, 0.15) is 472 Å². The van der Waals surface area contributed by atoms with E-state index < -0.39 is 97.5 Å². The Hall–Kier alpha value is -1.94. The normalized spacial score (nSPS) is 14.0. The van der Waals surface area contributed by atoms with Crippen LogP contribution >= 0.6 is 15.6 Å². The molecule has 0 saturated heterocycles. The van der Waals surface area contributed by atoms with E-state index in [1.165, 1.54) is 289 Å². The Kier molecular flexibility index (Phi) is 77.9. The number of rotatable bonds is 87. The summed E-state index contributed by atoms with van der Waals surface area (Å²) in [6, 6.07) is 0. The number of esters is 4. The monoisotopic (exact) mass is 1560 g/mol. The van der Waals surface area contributed by atoms with Crippen LogP contribution in [0.5, 0.6) is 0 Å². The van der Waals surface area contributed by atoms with E-state index in [1.54, 1.807) is 0 Å². The van der Waals surface area contributed by atoms with Gasteiger partial charge in [-0.3, -0.25) is 37.3 Å². The predicted molar refractivity (Wildman–Crippen MR) is 442 cm³/mol. The molecule has 0 aliphatic carbocycles. The van der Waals surface area contributed by atoms with Gasteiger partial charge < -0.3 is 33.8 Å². The van der Waals surface area contributed by atoms with Crippen molar-refractivity contribution in [3.63, 3.8) is 0 Å². The van der Waals surface area contributed by atoms with Crippen LogP contribution in [0.25, 0.3) is 0 Å². The zero-order chi connectivity index (χ0) is 78.5. The van der Waals surface area contributed by atoms with Crippen LogP contribution in [-0.4, -0.2) is 96.7 Å². The number of aliphatic hydroxyl groups is 1. The highest BCUT2D eigenvalue weighted by molar-refractivity contribution is 7.47. The van der Waals surface area contributed by atoms with Crippen molar-refractivity contribution in [3.8, 4) is 0 Å². The summed E-state index contributed by atoms with van der Waals surface area (Å²) < 4.78 is 69.0. The van der Waals surface area contributed by atoms with Gasteiger partial charge in [0.15, 0.2) is 12.2 Å². The van der Waals surface area contributed by atoms with Gasteiger partial charge in [-0.2, -0.15) is 0 Å². The van der Waals surface area contributed by atoms with Gasteiger partial charge in [0.05, 0.1) is 26.4 Å². The molecule has 0 amide bonds. The Morgan fingerprint density at radius 3 is 0.710 bits per heavy atom. The van der Waals surface area contributed by atoms with Gasteiger partial charge in [0.25, 0.3) is 0 Å². The van der Waals surface area contributed by atoms with Crippen molar-refractivity contribution in [2.24, 2.45) is 11.8 Å². The van der Waals surface area contributed by atoms with Crippen molar-refractivity contribution in [2.75, 3.05) is 39.6 Å². The minimum Gasteiger partial charge on any atom is -0.462 e. The summed E-state index contributed by atoms with van der Waals surface area (Å²) in [6.45, 7) is 9.78. The quantitative estimate of drug-likeness (QED) is 0.0222. The summed E-state index contributed by atoms with van der Waals surface area (Å²) >= 11 is 0. The lowest BCUT2D eigenvalue weighted by Gasteiger charge is -2.21. The lowest BCUT2D eigenvalue weighted by atomic mass is 9.99. The first kappa shape index (κ1) is 105. The molecule has 17 nitrogen and oxygen atoms in total. The molecular weight excluding hydrogens is 1390 g/mol. The van der Waals surface area contributed by atoms with E-state index in [9.17, 15) is 43.2 Å². The third-order valence-corrected chi connectivity index (χ3v) is 23.0. The number of hydrogen-bond acceptors (Lipinski definition) is 15. The molecule has 0 radical (unpaired) electrons. The second-order valence-electron chi connectivity index (χ2n) is 32.4. The molecular formula is C88H172O17P2. The number of aliphatic hydroxyl groups excluding tert-OH is 1. The summed E-state index contributed by atoms with van der Waals surface area (Å²) in [5.74, 6) is -0.438. The highest BCUT2D eigenvalue weighted by atomic mass is 31.2. The molecule has 0 saturated carbocycles.